The van der Waals surface area contributed by atoms with Crippen molar-refractivity contribution in [2.45, 2.75) is 0 Å². The molecule has 4 rings (SSSR count). The molecule has 0 amide bonds. The number of carbonyl (C=O) groups is 1. The van der Waals surface area contributed by atoms with E-state index in [1.165, 1.54) is 0 Å². The van der Waals surface area contributed by atoms with Crippen LogP contribution in [-0.2, 0) is 0 Å². The zero-order valence-corrected chi connectivity index (χ0v) is 14.8. The zero-order chi connectivity index (χ0) is 18.9. The van der Waals surface area contributed by atoms with Gasteiger partial charge in [0.25, 0.3) is 0 Å². The molecule has 132 valence electrons. The number of ketones is 1. The Balaban J connectivity index is 0.000000166. The summed E-state index contributed by atoms with van der Waals surface area (Å²) < 4.78 is 0. The fourth-order valence-corrected chi connectivity index (χ4v) is 2.55. The number of hydrogen-bond acceptors (Lipinski definition) is 3. The van der Waals surface area contributed by atoms with Crippen molar-refractivity contribution in [2.75, 3.05) is 5.73 Å². The lowest BCUT2D eigenvalue weighted by molar-refractivity contribution is 0.104. The predicted molar refractivity (Wildman–Crippen MR) is 112 cm³/mol. The second kappa shape index (κ2) is 9.11. The Hall–Kier alpha value is -3.72. The van der Waals surface area contributed by atoms with Crippen molar-refractivity contribution in [3.05, 3.63) is 114 Å². The maximum Gasteiger partial charge on any atom is 0.185 e. The van der Waals surface area contributed by atoms with Gasteiger partial charge in [0.15, 0.2) is 5.78 Å². The normalized spacial score (nSPS) is 10.4. The molecule has 0 saturated heterocycles. The van der Waals surface area contributed by atoms with Crippen LogP contribution in [-0.4, -0.2) is 10.8 Å². The minimum Gasteiger partial charge on any atom is -0.398 e. The summed E-state index contributed by atoms with van der Waals surface area (Å²) in [5.74, 6) is 0.0319. The smallest absolute Gasteiger partial charge is 0.185 e. The molecule has 0 atom stereocenters. The highest BCUT2D eigenvalue weighted by atomic mass is 16.1. The van der Waals surface area contributed by atoms with Crippen LogP contribution < -0.4 is 5.73 Å². The highest BCUT2D eigenvalue weighted by Gasteiger charge is 1.98. The van der Waals surface area contributed by atoms with Crippen molar-refractivity contribution < 1.29 is 4.79 Å². The van der Waals surface area contributed by atoms with Gasteiger partial charge in [-0.3, -0.25) is 9.78 Å². The molecule has 1 heterocycles. The summed E-state index contributed by atoms with van der Waals surface area (Å²) in [4.78, 5) is 15.9. The van der Waals surface area contributed by atoms with Gasteiger partial charge in [0.2, 0.25) is 0 Å². The quantitative estimate of drug-likeness (QED) is 0.397. The summed E-state index contributed by atoms with van der Waals surface area (Å²) in [7, 11) is 0. The number of pyridine rings is 1. The van der Waals surface area contributed by atoms with Crippen LogP contribution in [0.4, 0.5) is 5.69 Å². The van der Waals surface area contributed by atoms with Crippen LogP contribution in [0, 0.1) is 0 Å². The first-order chi connectivity index (χ1) is 13.2. The van der Waals surface area contributed by atoms with Crippen LogP contribution in [0.5, 0.6) is 0 Å². The number of hydrogen-bond donors (Lipinski definition) is 1. The van der Waals surface area contributed by atoms with Crippen LogP contribution in [0.2, 0.25) is 0 Å². The molecular formula is C24H20N2O. The molecule has 0 aliphatic carbocycles. The average Bonchev–Trinajstić information content (AvgIpc) is 2.74. The highest BCUT2D eigenvalue weighted by Crippen LogP contribution is 2.16. The van der Waals surface area contributed by atoms with Crippen molar-refractivity contribution in [3.8, 4) is 0 Å². The maximum absolute atomic E-state index is 11.7. The number of aromatic nitrogens is 1. The van der Waals surface area contributed by atoms with Gasteiger partial charge in [0.05, 0.1) is 5.52 Å². The second-order valence-corrected chi connectivity index (χ2v) is 5.89. The molecule has 0 fully saturated rings. The summed E-state index contributed by atoms with van der Waals surface area (Å²) >= 11 is 0. The SMILES string of the molecule is Nc1ccnc2ccccc12.O=C(C=Cc1ccccc1)c1ccccc1. The van der Waals surface area contributed by atoms with E-state index >= 15 is 0 Å². The van der Waals surface area contributed by atoms with Crippen LogP contribution in [0.15, 0.2) is 103 Å². The molecule has 0 unspecified atom stereocenters. The van der Waals surface area contributed by atoms with Gasteiger partial charge in [-0.05, 0) is 23.8 Å². The van der Waals surface area contributed by atoms with Gasteiger partial charge < -0.3 is 5.73 Å². The number of para-hydroxylation sites is 1. The Morgan fingerprint density at radius 3 is 2.11 bits per heavy atom. The number of anilines is 1. The molecule has 3 heteroatoms. The van der Waals surface area contributed by atoms with Gasteiger partial charge >= 0.3 is 0 Å². The number of nitrogen functional groups attached to an aromatic ring is 1. The first-order valence-electron chi connectivity index (χ1n) is 8.66. The fourth-order valence-electron chi connectivity index (χ4n) is 2.55. The van der Waals surface area contributed by atoms with Crippen LogP contribution in [0.25, 0.3) is 17.0 Å². The molecule has 0 aliphatic rings. The molecule has 0 bridgehead atoms. The summed E-state index contributed by atoms with van der Waals surface area (Å²) in [6.07, 6.45) is 5.15. The highest BCUT2D eigenvalue weighted by molar-refractivity contribution is 6.06. The average molecular weight is 352 g/mol. The Morgan fingerprint density at radius 2 is 1.41 bits per heavy atom. The Kier molecular flexibility index (Phi) is 6.10. The number of benzene rings is 3. The van der Waals surface area contributed by atoms with Gasteiger partial charge in [0, 0.05) is 22.8 Å². The van der Waals surface area contributed by atoms with Crippen molar-refractivity contribution in [2.24, 2.45) is 0 Å². The van der Waals surface area contributed by atoms with E-state index in [9.17, 15) is 4.79 Å². The lowest BCUT2D eigenvalue weighted by Gasteiger charge is -1.97. The number of carbonyl (C=O) groups excluding carboxylic acids is 1. The van der Waals surface area contributed by atoms with Crippen molar-refractivity contribution in [1.82, 2.24) is 4.98 Å². The lowest BCUT2D eigenvalue weighted by atomic mass is 10.1. The summed E-state index contributed by atoms with van der Waals surface area (Å²) in [5.41, 5.74) is 9.21. The largest absolute Gasteiger partial charge is 0.398 e. The van der Waals surface area contributed by atoms with Crippen molar-refractivity contribution >= 4 is 28.4 Å². The van der Waals surface area contributed by atoms with E-state index in [1.54, 1.807) is 12.3 Å². The minimum absolute atomic E-state index is 0.0319. The first-order valence-corrected chi connectivity index (χ1v) is 8.66. The van der Waals surface area contributed by atoms with Gasteiger partial charge in [0.1, 0.15) is 0 Å². The van der Waals surface area contributed by atoms with E-state index < -0.39 is 0 Å². The Morgan fingerprint density at radius 1 is 0.778 bits per heavy atom. The molecular weight excluding hydrogens is 332 g/mol. The molecule has 27 heavy (non-hydrogen) atoms. The van der Waals surface area contributed by atoms with E-state index in [1.807, 2.05) is 97.1 Å². The number of rotatable bonds is 3. The van der Waals surface area contributed by atoms with E-state index in [4.69, 9.17) is 5.73 Å². The van der Waals surface area contributed by atoms with Crippen molar-refractivity contribution in [3.63, 3.8) is 0 Å². The predicted octanol–water partition coefficient (Wildman–Crippen LogP) is 5.40. The standard InChI is InChI=1S/C15H12O.C9H8N2/c16-15(14-9-5-2-6-10-14)12-11-13-7-3-1-4-8-13;10-8-5-6-11-9-4-2-1-3-7(8)9/h1-12H;1-6H,(H2,10,11). The van der Waals surface area contributed by atoms with E-state index in [2.05, 4.69) is 4.98 Å². The van der Waals surface area contributed by atoms with Crippen molar-refractivity contribution in [1.29, 1.82) is 0 Å². The number of allylic oxidation sites excluding steroid dienone is 1. The molecule has 0 spiro atoms. The minimum atomic E-state index is 0.0319. The van der Waals surface area contributed by atoms with E-state index in [-0.39, 0.29) is 5.78 Å². The zero-order valence-electron chi connectivity index (χ0n) is 14.8. The Labute approximate surface area is 158 Å². The third-order valence-electron chi connectivity index (χ3n) is 3.97. The second-order valence-electron chi connectivity index (χ2n) is 5.89. The first kappa shape index (κ1) is 18.1. The van der Waals surface area contributed by atoms with Gasteiger partial charge in [-0.2, -0.15) is 0 Å². The lowest BCUT2D eigenvalue weighted by Crippen LogP contribution is -1.92. The molecule has 0 aliphatic heterocycles. The third-order valence-corrected chi connectivity index (χ3v) is 3.97. The topological polar surface area (TPSA) is 56.0 Å². The summed E-state index contributed by atoms with van der Waals surface area (Å²) in [6, 6.07) is 28.7. The third kappa shape index (κ3) is 5.13. The molecule has 3 aromatic carbocycles. The maximum atomic E-state index is 11.7. The number of nitrogens with two attached hydrogens (primary N) is 1. The number of fused-ring (bicyclic) bond motifs is 1. The van der Waals surface area contributed by atoms with Gasteiger partial charge in [-0.25, -0.2) is 0 Å². The monoisotopic (exact) mass is 352 g/mol. The molecule has 1 aromatic heterocycles. The van der Waals surface area contributed by atoms with E-state index in [0.717, 1.165) is 27.7 Å². The fraction of sp³-hybridized carbons (Fsp3) is 0. The Bertz CT molecular complexity index is 1040. The van der Waals surface area contributed by atoms with Crippen LogP contribution in [0.3, 0.4) is 0 Å². The molecule has 0 saturated carbocycles. The van der Waals surface area contributed by atoms with Gasteiger partial charge in [-0.15, -0.1) is 0 Å². The van der Waals surface area contributed by atoms with E-state index in [0.29, 0.717) is 0 Å². The summed E-state index contributed by atoms with van der Waals surface area (Å²) in [5, 5.41) is 1.02. The molecule has 4 aromatic rings. The van der Waals surface area contributed by atoms with Gasteiger partial charge in [-0.1, -0.05) is 84.9 Å². The summed E-state index contributed by atoms with van der Waals surface area (Å²) in [6.45, 7) is 0. The number of nitrogens with zero attached hydrogens (tertiary/aromatic N) is 1. The van der Waals surface area contributed by atoms with Crippen LogP contribution >= 0.6 is 0 Å². The molecule has 3 nitrogen and oxygen atoms in total. The molecule has 2 N–H and O–H groups in total. The van der Waals surface area contributed by atoms with Crippen LogP contribution in [0.1, 0.15) is 15.9 Å². The molecule has 0 radical (unpaired) electrons.